The van der Waals surface area contributed by atoms with Gasteiger partial charge in [0.25, 0.3) is 17.5 Å². The highest BCUT2D eigenvalue weighted by Gasteiger charge is 2.32. The molecule has 0 aliphatic carbocycles. The molecule has 2 aromatic rings. The maximum atomic E-state index is 12.7. The number of rotatable bonds is 3. The highest BCUT2D eigenvalue weighted by molar-refractivity contribution is 6.42. The van der Waals surface area contributed by atoms with Crippen LogP contribution in [0.2, 0.25) is 15.1 Å². The first-order valence-corrected chi connectivity index (χ1v) is 8.90. The number of halogens is 3. The molecule has 0 radical (unpaired) electrons. The van der Waals surface area contributed by atoms with E-state index < -0.39 is 16.7 Å². The minimum absolute atomic E-state index is 0.0906. The second-order valence-corrected chi connectivity index (χ2v) is 7.04. The van der Waals surface area contributed by atoms with E-state index in [0.29, 0.717) is 5.02 Å². The van der Waals surface area contributed by atoms with Crippen LogP contribution in [0.1, 0.15) is 16.8 Å². The molecule has 8 nitrogen and oxygen atoms in total. The van der Waals surface area contributed by atoms with E-state index in [4.69, 9.17) is 34.8 Å². The van der Waals surface area contributed by atoms with E-state index in [1.807, 2.05) is 0 Å². The third-order valence-corrected chi connectivity index (χ3v) is 4.74. The molecule has 0 bridgehead atoms. The number of hydrogen-bond acceptors (Lipinski definition) is 5. The summed E-state index contributed by atoms with van der Waals surface area (Å²) in [6.07, 6.45) is -0.174. The first-order chi connectivity index (χ1) is 13.2. The summed E-state index contributed by atoms with van der Waals surface area (Å²) < 4.78 is 0. The van der Waals surface area contributed by atoms with Gasteiger partial charge in [0.1, 0.15) is 11.5 Å². The van der Waals surface area contributed by atoms with Crippen LogP contribution in [0.4, 0.5) is 11.4 Å². The number of nitro groups is 1. The lowest BCUT2D eigenvalue weighted by molar-refractivity contribution is -0.384. The number of benzene rings is 2. The van der Waals surface area contributed by atoms with Gasteiger partial charge in [-0.3, -0.25) is 24.6 Å². The Morgan fingerprint density at radius 3 is 2.46 bits per heavy atom. The Kier molecular flexibility index (Phi) is 5.55. The number of hydrazone groups is 1. The van der Waals surface area contributed by atoms with Crippen molar-refractivity contribution in [2.75, 3.05) is 12.1 Å². The van der Waals surface area contributed by atoms with Crippen molar-refractivity contribution in [3.05, 3.63) is 67.1 Å². The zero-order valence-corrected chi connectivity index (χ0v) is 16.5. The molecule has 144 valence electrons. The number of amides is 2. The van der Waals surface area contributed by atoms with E-state index in [1.165, 1.54) is 37.4 Å². The van der Waals surface area contributed by atoms with Crippen molar-refractivity contribution in [3.8, 4) is 0 Å². The SMILES string of the molecule is CN(C(=O)c1cccc([N+](=O)[O-])c1)C1=NN(c2c(Cl)cc(Cl)cc2Cl)C(=O)C1. The third-order valence-electron chi connectivity index (χ3n) is 3.95. The lowest BCUT2D eigenvalue weighted by atomic mass is 10.1. The molecule has 0 aromatic heterocycles. The Balaban J connectivity index is 1.91. The standard InChI is InChI=1S/C17H11Cl3N4O4/c1-22(17(26)9-3-2-4-11(5-9)24(27)28)14-8-15(25)23(21-14)16-12(19)6-10(18)7-13(16)20/h2-7H,8H2,1H3. The molecule has 1 aliphatic rings. The van der Waals surface area contributed by atoms with Crippen molar-refractivity contribution in [1.82, 2.24) is 4.90 Å². The highest BCUT2D eigenvalue weighted by atomic mass is 35.5. The van der Waals surface area contributed by atoms with Gasteiger partial charge in [-0.15, -0.1) is 0 Å². The zero-order valence-electron chi connectivity index (χ0n) is 14.2. The Morgan fingerprint density at radius 1 is 1.21 bits per heavy atom. The van der Waals surface area contributed by atoms with Gasteiger partial charge in [-0.1, -0.05) is 40.9 Å². The molecular formula is C17H11Cl3N4O4. The van der Waals surface area contributed by atoms with E-state index in [1.54, 1.807) is 0 Å². The highest BCUT2D eigenvalue weighted by Crippen LogP contribution is 2.38. The van der Waals surface area contributed by atoms with Gasteiger partial charge < -0.3 is 0 Å². The fraction of sp³-hybridized carbons (Fsp3) is 0.118. The predicted molar refractivity (Wildman–Crippen MR) is 106 cm³/mol. The van der Waals surface area contributed by atoms with E-state index in [9.17, 15) is 19.7 Å². The van der Waals surface area contributed by atoms with Crippen LogP contribution >= 0.6 is 34.8 Å². The molecule has 11 heteroatoms. The second kappa shape index (κ2) is 7.75. The second-order valence-electron chi connectivity index (χ2n) is 5.79. The molecule has 0 N–H and O–H groups in total. The first kappa shape index (κ1) is 20.1. The number of carbonyl (C=O) groups is 2. The summed E-state index contributed by atoms with van der Waals surface area (Å²) in [5.41, 5.74) is 0.0295. The number of nitrogens with zero attached hydrogens (tertiary/aromatic N) is 4. The summed E-state index contributed by atoms with van der Waals surface area (Å²) >= 11 is 18.2. The summed E-state index contributed by atoms with van der Waals surface area (Å²) in [6.45, 7) is 0. The fourth-order valence-corrected chi connectivity index (χ4v) is 3.55. The van der Waals surface area contributed by atoms with Gasteiger partial charge >= 0.3 is 0 Å². The van der Waals surface area contributed by atoms with Gasteiger partial charge in [0.05, 0.1) is 21.4 Å². The van der Waals surface area contributed by atoms with E-state index in [2.05, 4.69) is 5.10 Å². The van der Waals surface area contributed by atoms with Crippen LogP contribution in [0.25, 0.3) is 0 Å². The fourth-order valence-electron chi connectivity index (χ4n) is 2.58. The van der Waals surface area contributed by atoms with Crippen LogP contribution in [0.3, 0.4) is 0 Å². The summed E-state index contributed by atoms with van der Waals surface area (Å²) in [5, 5.41) is 16.6. The molecule has 2 aromatic carbocycles. The topological polar surface area (TPSA) is 96.1 Å². The summed E-state index contributed by atoms with van der Waals surface area (Å²) in [6, 6.07) is 8.11. The van der Waals surface area contributed by atoms with Crippen LogP contribution < -0.4 is 5.01 Å². The molecule has 1 aliphatic heterocycles. The number of non-ortho nitro benzene ring substituents is 1. The summed E-state index contributed by atoms with van der Waals surface area (Å²) in [5.74, 6) is -0.853. The summed E-state index contributed by atoms with van der Waals surface area (Å²) in [4.78, 5) is 36.5. The molecule has 0 atom stereocenters. The third kappa shape index (κ3) is 3.80. The molecule has 0 saturated carbocycles. The number of carbonyl (C=O) groups excluding carboxylic acids is 2. The zero-order chi connectivity index (χ0) is 20.6. The molecular weight excluding hydrogens is 431 g/mol. The van der Waals surface area contributed by atoms with Gasteiger partial charge in [-0.25, -0.2) is 0 Å². The van der Waals surface area contributed by atoms with Crippen molar-refractivity contribution >= 4 is 63.8 Å². The molecule has 1 heterocycles. The van der Waals surface area contributed by atoms with Crippen molar-refractivity contribution in [1.29, 1.82) is 0 Å². The molecule has 28 heavy (non-hydrogen) atoms. The number of anilines is 1. The van der Waals surface area contributed by atoms with E-state index in [0.717, 1.165) is 16.0 Å². The smallest absolute Gasteiger partial charge is 0.270 e. The van der Waals surface area contributed by atoms with E-state index >= 15 is 0 Å². The van der Waals surface area contributed by atoms with Crippen LogP contribution in [-0.2, 0) is 4.79 Å². The average molecular weight is 442 g/mol. The van der Waals surface area contributed by atoms with Gasteiger partial charge in [0.2, 0.25) is 0 Å². The number of amidine groups is 1. The molecule has 0 fully saturated rings. The monoisotopic (exact) mass is 440 g/mol. The Hall–Kier alpha value is -2.68. The molecule has 0 spiro atoms. The van der Waals surface area contributed by atoms with Crippen LogP contribution in [0.5, 0.6) is 0 Å². The first-order valence-electron chi connectivity index (χ1n) is 7.76. The van der Waals surface area contributed by atoms with Crippen LogP contribution in [0.15, 0.2) is 41.5 Å². The molecule has 0 unspecified atom stereocenters. The minimum atomic E-state index is -0.598. The van der Waals surface area contributed by atoms with Gasteiger partial charge in [-0.05, 0) is 18.2 Å². The normalized spacial score (nSPS) is 13.5. The van der Waals surface area contributed by atoms with Crippen molar-refractivity contribution in [2.45, 2.75) is 6.42 Å². The van der Waals surface area contributed by atoms with Crippen molar-refractivity contribution in [2.24, 2.45) is 5.10 Å². The molecule has 3 rings (SSSR count). The van der Waals surface area contributed by atoms with Crippen LogP contribution in [-0.4, -0.2) is 34.5 Å². The van der Waals surface area contributed by atoms with Gasteiger partial charge in [-0.2, -0.15) is 10.1 Å². The van der Waals surface area contributed by atoms with Gasteiger partial charge in [0, 0.05) is 29.8 Å². The lowest BCUT2D eigenvalue weighted by Gasteiger charge is -2.17. The number of nitro benzene ring substituents is 1. The quantitative estimate of drug-likeness (QED) is 0.521. The Morgan fingerprint density at radius 2 is 1.86 bits per heavy atom. The summed E-state index contributed by atoms with van der Waals surface area (Å²) in [7, 11) is 1.42. The Bertz CT molecular complexity index is 1020. The molecule has 0 saturated heterocycles. The minimum Gasteiger partial charge on any atom is -0.297 e. The van der Waals surface area contributed by atoms with Gasteiger partial charge in [0.15, 0.2) is 0 Å². The average Bonchev–Trinajstić information content (AvgIpc) is 3.01. The maximum absolute atomic E-state index is 12.7. The van der Waals surface area contributed by atoms with Crippen LogP contribution in [0, 0.1) is 10.1 Å². The Labute approximate surface area is 174 Å². The lowest BCUT2D eigenvalue weighted by Crippen LogP contribution is -2.32. The number of hydrogen-bond donors (Lipinski definition) is 0. The largest absolute Gasteiger partial charge is 0.297 e. The van der Waals surface area contributed by atoms with Crippen molar-refractivity contribution in [3.63, 3.8) is 0 Å². The van der Waals surface area contributed by atoms with Crippen molar-refractivity contribution < 1.29 is 14.5 Å². The maximum Gasteiger partial charge on any atom is 0.270 e. The predicted octanol–water partition coefficient (Wildman–Crippen LogP) is 4.38. The van der Waals surface area contributed by atoms with E-state index in [-0.39, 0.29) is 39.2 Å². The molecule has 2 amide bonds.